The summed E-state index contributed by atoms with van der Waals surface area (Å²) in [7, 11) is 1.58. The lowest BCUT2D eigenvalue weighted by molar-refractivity contribution is -0.121. The highest BCUT2D eigenvalue weighted by atomic mass is 35.5. The molecule has 0 heterocycles. The quantitative estimate of drug-likeness (QED) is 0.658. The molecule has 140 valence electrons. The van der Waals surface area contributed by atoms with E-state index in [-0.39, 0.29) is 30.1 Å². The number of ether oxygens (including phenoxy) is 1. The zero-order chi connectivity index (χ0) is 18.1. The van der Waals surface area contributed by atoms with Gasteiger partial charge in [0.1, 0.15) is 5.75 Å². The summed E-state index contributed by atoms with van der Waals surface area (Å²) in [5.74, 6) is 0.649. The van der Waals surface area contributed by atoms with Gasteiger partial charge in [0.05, 0.1) is 7.11 Å². The Balaban J connectivity index is 0.00000338. The largest absolute Gasteiger partial charge is 0.497 e. The van der Waals surface area contributed by atoms with Crippen molar-refractivity contribution in [1.29, 1.82) is 0 Å². The maximum absolute atomic E-state index is 12.1. The molecule has 2 aromatic carbocycles. The average Bonchev–Trinajstić information content (AvgIpc) is 2.66. The van der Waals surface area contributed by atoms with Crippen LogP contribution in [-0.4, -0.2) is 25.3 Å². The Morgan fingerprint density at radius 1 is 1.04 bits per heavy atom. The Morgan fingerprint density at radius 2 is 1.69 bits per heavy atom. The van der Waals surface area contributed by atoms with Gasteiger partial charge in [-0.25, -0.2) is 0 Å². The third kappa shape index (κ3) is 6.86. The molecule has 0 aliphatic heterocycles. The summed E-state index contributed by atoms with van der Waals surface area (Å²) >= 11 is 0. The van der Waals surface area contributed by atoms with Gasteiger partial charge in [-0.1, -0.05) is 30.3 Å². The molecule has 0 saturated heterocycles. The average molecular weight is 377 g/mol. The van der Waals surface area contributed by atoms with Crippen LogP contribution in [0, 0.1) is 0 Å². The summed E-state index contributed by atoms with van der Waals surface area (Å²) in [6.07, 6.45) is 1.16. The Hall–Kier alpha value is -2.37. The van der Waals surface area contributed by atoms with Gasteiger partial charge in [-0.15, -0.1) is 12.4 Å². The molecule has 2 aromatic rings. The van der Waals surface area contributed by atoms with E-state index >= 15 is 0 Å². The molecule has 1 atom stereocenters. The molecular weight excluding hydrogens is 352 g/mol. The molecule has 3 N–H and O–H groups in total. The predicted molar refractivity (Wildman–Crippen MR) is 105 cm³/mol. The number of hydrogen-bond acceptors (Lipinski definition) is 4. The molecule has 0 aliphatic carbocycles. The first-order valence-electron chi connectivity index (χ1n) is 8.34. The number of benzene rings is 2. The molecule has 2 rings (SSSR count). The fraction of sp³-hybridized carbons (Fsp3) is 0.300. The highest BCUT2D eigenvalue weighted by Gasteiger charge is 2.10. The van der Waals surface area contributed by atoms with Gasteiger partial charge < -0.3 is 15.8 Å². The second kappa shape index (κ2) is 11.3. The molecule has 26 heavy (non-hydrogen) atoms. The van der Waals surface area contributed by atoms with Crippen LogP contribution in [0.5, 0.6) is 5.75 Å². The van der Waals surface area contributed by atoms with Crippen molar-refractivity contribution in [2.75, 3.05) is 13.7 Å². The van der Waals surface area contributed by atoms with Gasteiger partial charge in [0.25, 0.3) is 0 Å². The van der Waals surface area contributed by atoms with Crippen molar-refractivity contribution in [2.24, 2.45) is 5.73 Å². The molecule has 5 nitrogen and oxygen atoms in total. The smallest absolute Gasteiger partial charge is 0.220 e. The van der Waals surface area contributed by atoms with E-state index in [1.54, 1.807) is 31.4 Å². The highest BCUT2D eigenvalue weighted by Crippen LogP contribution is 2.14. The first-order valence-corrected chi connectivity index (χ1v) is 8.34. The van der Waals surface area contributed by atoms with Gasteiger partial charge in [-0.05, 0) is 36.2 Å². The molecule has 6 heteroatoms. The zero-order valence-corrected chi connectivity index (χ0v) is 15.6. The van der Waals surface area contributed by atoms with E-state index in [1.165, 1.54) is 0 Å². The minimum absolute atomic E-state index is 0. The Bertz CT molecular complexity index is 690. The molecule has 1 amide bonds. The van der Waals surface area contributed by atoms with Crippen molar-refractivity contribution in [2.45, 2.75) is 25.3 Å². The Kier molecular flexibility index (Phi) is 9.41. The number of carbonyl (C=O) groups excluding carboxylic acids is 2. The molecule has 0 saturated carbocycles. The number of Topliss-reactive ketones (excluding diaryl/α,β-unsaturated/α-hetero) is 1. The summed E-state index contributed by atoms with van der Waals surface area (Å²) in [5.41, 5.74) is 7.66. The molecule has 0 bridgehead atoms. The summed E-state index contributed by atoms with van der Waals surface area (Å²) in [6, 6.07) is 16.4. The number of halogens is 1. The normalized spacial score (nSPS) is 11.2. The van der Waals surface area contributed by atoms with E-state index < -0.39 is 0 Å². The van der Waals surface area contributed by atoms with Crippen LogP contribution in [0.3, 0.4) is 0 Å². The maximum Gasteiger partial charge on any atom is 0.220 e. The molecule has 0 fully saturated rings. The highest BCUT2D eigenvalue weighted by molar-refractivity contribution is 5.96. The topological polar surface area (TPSA) is 81.4 Å². The van der Waals surface area contributed by atoms with Crippen LogP contribution in [0.25, 0.3) is 0 Å². The third-order valence-electron chi connectivity index (χ3n) is 3.97. The molecule has 0 aliphatic rings. The minimum atomic E-state index is -0.230. The zero-order valence-electron chi connectivity index (χ0n) is 14.8. The number of nitrogens with two attached hydrogens (primary N) is 1. The summed E-state index contributed by atoms with van der Waals surface area (Å²) < 4.78 is 5.07. The van der Waals surface area contributed by atoms with Crippen LogP contribution >= 0.6 is 12.4 Å². The van der Waals surface area contributed by atoms with Crippen molar-refractivity contribution in [3.05, 3.63) is 65.7 Å². The van der Waals surface area contributed by atoms with Crippen LogP contribution in [0.4, 0.5) is 0 Å². The van der Waals surface area contributed by atoms with Crippen molar-refractivity contribution >= 4 is 24.1 Å². The van der Waals surface area contributed by atoms with Crippen LogP contribution in [0.2, 0.25) is 0 Å². The Labute approximate surface area is 160 Å². The van der Waals surface area contributed by atoms with Crippen molar-refractivity contribution in [3.63, 3.8) is 0 Å². The fourth-order valence-electron chi connectivity index (χ4n) is 2.46. The van der Waals surface area contributed by atoms with Gasteiger partial charge in [0.15, 0.2) is 5.78 Å². The van der Waals surface area contributed by atoms with Gasteiger partial charge in [-0.3, -0.25) is 9.59 Å². The van der Waals surface area contributed by atoms with E-state index in [4.69, 9.17) is 10.5 Å². The van der Waals surface area contributed by atoms with Crippen LogP contribution in [0.15, 0.2) is 54.6 Å². The van der Waals surface area contributed by atoms with E-state index in [1.807, 2.05) is 30.3 Å². The summed E-state index contributed by atoms with van der Waals surface area (Å²) in [6.45, 7) is 0.384. The lowest BCUT2D eigenvalue weighted by atomic mass is 10.0. The number of hydrogen-bond donors (Lipinski definition) is 2. The van der Waals surface area contributed by atoms with Crippen LogP contribution in [-0.2, 0) is 4.79 Å². The van der Waals surface area contributed by atoms with E-state index in [2.05, 4.69) is 5.32 Å². The van der Waals surface area contributed by atoms with Gasteiger partial charge in [-0.2, -0.15) is 0 Å². The second-order valence-corrected chi connectivity index (χ2v) is 5.83. The number of ketones is 1. The van der Waals surface area contributed by atoms with Crippen molar-refractivity contribution < 1.29 is 14.3 Å². The predicted octanol–water partition coefficient (Wildman–Crippen LogP) is 3.29. The van der Waals surface area contributed by atoms with Crippen LogP contribution in [0.1, 0.15) is 41.2 Å². The second-order valence-electron chi connectivity index (χ2n) is 5.83. The van der Waals surface area contributed by atoms with Gasteiger partial charge in [0, 0.05) is 31.0 Å². The molecule has 0 spiro atoms. The summed E-state index contributed by atoms with van der Waals surface area (Å²) in [5, 5.41) is 2.82. The van der Waals surface area contributed by atoms with E-state index in [0.717, 1.165) is 5.56 Å². The number of rotatable bonds is 9. The van der Waals surface area contributed by atoms with Crippen LogP contribution < -0.4 is 15.8 Å². The van der Waals surface area contributed by atoms with Crippen molar-refractivity contribution in [3.8, 4) is 5.75 Å². The number of carbonyl (C=O) groups is 2. The number of methoxy groups -OCH3 is 1. The SMILES string of the molecule is COc1ccc(C(=O)CCCC(=O)NCC(N)c2ccccc2)cc1.Cl. The molecular formula is C20H25ClN2O3. The summed E-state index contributed by atoms with van der Waals surface area (Å²) in [4.78, 5) is 24.0. The molecule has 0 radical (unpaired) electrons. The first kappa shape index (κ1) is 21.7. The minimum Gasteiger partial charge on any atom is -0.497 e. The fourth-order valence-corrected chi connectivity index (χ4v) is 2.46. The third-order valence-corrected chi connectivity index (χ3v) is 3.97. The lowest BCUT2D eigenvalue weighted by Gasteiger charge is -2.13. The lowest BCUT2D eigenvalue weighted by Crippen LogP contribution is -2.31. The van der Waals surface area contributed by atoms with E-state index in [0.29, 0.717) is 37.1 Å². The Morgan fingerprint density at radius 3 is 2.31 bits per heavy atom. The number of nitrogens with one attached hydrogen (secondary N) is 1. The van der Waals surface area contributed by atoms with Gasteiger partial charge in [0.2, 0.25) is 5.91 Å². The number of amides is 1. The van der Waals surface area contributed by atoms with Crippen molar-refractivity contribution in [1.82, 2.24) is 5.32 Å². The van der Waals surface area contributed by atoms with Gasteiger partial charge >= 0.3 is 0 Å². The molecule has 1 unspecified atom stereocenters. The van der Waals surface area contributed by atoms with E-state index in [9.17, 15) is 9.59 Å². The standard InChI is InChI=1S/C20H24N2O3.ClH/c1-25-17-12-10-16(11-13-17)19(23)8-5-9-20(24)22-14-18(21)15-6-3-2-4-7-15;/h2-4,6-7,10-13,18H,5,8-9,14,21H2,1H3,(H,22,24);1H. The maximum atomic E-state index is 12.1. The first-order chi connectivity index (χ1) is 12.1. The monoisotopic (exact) mass is 376 g/mol. The molecule has 0 aromatic heterocycles.